The monoisotopic (exact) mass is 306 g/mol. The molecule has 1 atom stereocenters. The molecule has 0 aliphatic rings. The summed E-state index contributed by atoms with van der Waals surface area (Å²) in [6.07, 6.45) is 5.33. The van der Waals surface area contributed by atoms with Crippen molar-refractivity contribution in [2.24, 2.45) is 0 Å². The topological polar surface area (TPSA) is 59.8 Å². The van der Waals surface area contributed by atoms with E-state index in [1.165, 1.54) is 0 Å². The van der Waals surface area contributed by atoms with Crippen LogP contribution in [0.4, 0.5) is 0 Å². The maximum Gasteiger partial charge on any atom is 0.252 e. The van der Waals surface area contributed by atoms with E-state index >= 15 is 0 Å². The highest BCUT2D eigenvalue weighted by Crippen LogP contribution is 2.14. The number of amides is 1. The molecule has 5 nitrogen and oxygen atoms in total. The molecule has 0 spiro atoms. The van der Waals surface area contributed by atoms with Gasteiger partial charge in [0.2, 0.25) is 0 Å². The van der Waals surface area contributed by atoms with E-state index in [0.29, 0.717) is 12.1 Å². The van der Waals surface area contributed by atoms with Gasteiger partial charge in [-0.2, -0.15) is 5.10 Å². The molecule has 2 aromatic heterocycles. The summed E-state index contributed by atoms with van der Waals surface area (Å²) in [5.74, 6) is -0.106. The van der Waals surface area contributed by atoms with Crippen LogP contribution in [0.25, 0.3) is 0 Å². The number of benzene rings is 1. The number of aromatic nitrogens is 3. The lowest BCUT2D eigenvalue weighted by Gasteiger charge is -2.15. The van der Waals surface area contributed by atoms with Crippen LogP contribution in [0.3, 0.4) is 0 Å². The molecule has 1 N–H and O–H groups in total. The Balaban J connectivity index is 1.77. The van der Waals surface area contributed by atoms with E-state index in [2.05, 4.69) is 15.4 Å². The second kappa shape index (κ2) is 6.87. The van der Waals surface area contributed by atoms with Crippen LogP contribution < -0.4 is 5.32 Å². The molecule has 1 unspecified atom stereocenters. The quantitative estimate of drug-likeness (QED) is 0.788. The van der Waals surface area contributed by atoms with Gasteiger partial charge in [-0.1, -0.05) is 24.3 Å². The minimum Gasteiger partial charge on any atom is -0.344 e. The third-order valence-electron chi connectivity index (χ3n) is 3.63. The first-order valence-electron chi connectivity index (χ1n) is 7.51. The summed E-state index contributed by atoms with van der Waals surface area (Å²) in [7, 11) is 0. The van der Waals surface area contributed by atoms with Gasteiger partial charge in [0.1, 0.15) is 0 Å². The summed E-state index contributed by atoms with van der Waals surface area (Å²) >= 11 is 0. The number of nitrogens with zero attached hydrogens (tertiary/aromatic N) is 3. The van der Waals surface area contributed by atoms with Gasteiger partial charge in [0.05, 0.1) is 18.3 Å². The first kappa shape index (κ1) is 15.0. The Morgan fingerprint density at radius 2 is 1.96 bits per heavy atom. The Labute approximate surface area is 135 Å². The number of nitrogens with one attached hydrogen (secondary N) is 1. The molecule has 1 aromatic carbocycles. The van der Waals surface area contributed by atoms with Crippen LogP contribution in [0.15, 0.2) is 67.1 Å². The van der Waals surface area contributed by atoms with E-state index in [-0.39, 0.29) is 11.9 Å². The molecule has 23 heavy (non-hydrogen) atoms. The van der Waals surface area contributed by atoms with E-state index in [1.54, 1.807) is 17.1 Å². The molecule has 3 aromatic rings. The van der Waals surface area contributed by atoms with Crippen molar-refractivity contribution >= 4 is 5.91 Å². The summed E-state index contributed by atoms with van der Waals surface area (Å²) in [4.78, 5) is 16.9. The zero-order chi connectivity index (χ0) is 16.1. The zero-order valence-electron chi connectivity index (χ0n) is 12.9. The van der Waals surface area contributed by atoms with Gasteiger partial charge in [-0.3, -0.25) is 14.5 Å². The number of pyridine rings is 1. The fraction of sp³-hybridized carbons (Fsp3) is 0.167. The fourth-order valence-corrected chi connectivity index (χ4v) is 2.43. The molecule has 0 saturated carbocycles. The molecule has 0 saturated heterocycles. The Bertz CT molecular complexity index is 769. The summed E-state index contributed by atoms with van der Waals surface area (Å²) in [5.41, 5.74) is 2.43. The van der Waals surface area contributed by atoms with Crippen molar-refractivity contribution in [2.45, 2.75) is 19.5 Å². The van der Waals surface area contributed by atoms with Crippen molar-refractivity contribution in [1.82, 2.24) is 20.1 Å². The molecule has 116 valence electrons. The van der Waals surface area contributed by atoms with Crippen LogP contribution in [0.1, 0.15) is 34.6 Å². The van der Waals surface area contributed by atoms with E-state index in [4.69, 9.17) is 0 Å². The van der Waals surface area contributed by atoms with Crippen molar-refractivity contribution in [1.29, 1.82) is 0 Å². The van der Waals surface area contributed by atoms with Crippen LogP contribution >= 0.6 is 0 Å². The summed E-state index contributed by atoms with van der Waals surface area (Å²) < 4.78 is 1.80. The molecule has 0 aliphatic heterocycles. The Morgan fingerprint density at radius 3 is 2.70 bits per heavy atom. The van der Waals surface area contributed by atoms with Crippen molar-refractivity contribution in [3.8, 4) is 0 Å². The zero-order valence-corrected chi connectivity index (χ0v) is 12.9. The van der Waals surface area contributed by atoms with Crippen molar-refractivity contribution in [2.75, 3.05) is 0 Å². The molecular formula is C18H18N4O. The molecule has 2 heterocycles. The Kier molecular flexibility index (Phi) is 4.47. The van der Waals surface area contributed by atoms with Crippen LogP contribution in [0.5, 0.6) is 0 Å². The summed E-state index contributed by atoms with van der Waals surface area (Å²) in [6, 6.07) is 15.0. The summed E-state index contributed by atoms with van der Waals surface area (Å²) in [5, 5.41) is 7.20. The second-order valence-electron chi connectivity index (χ2n) is 5.31. The van der Waals surface area contributed by atoms with Gasteiger partial charge < -0.3 is 5.32 Å². The first-order chi connectivity index (χ1) is 11.2. The molecule has 0 bridgehead atoms. The lowest BCUT2D eigenvalue weighted by molar-refractivity contribution is 0.0938. The van der Waals surface area contributed by atoms with Crippen LogP contribution in [0.2, 0.25) is 0 Å². The van der Waals surface area contributed by atoms with Gasteiger partial charge in [0.15, 0.2) is 0 Å². The SMILES string of the molecule is CC(NC(=O)c1ccccc1Cn1cccn1)c1ccccn1. The van der Waals surface area contributed by atoms with E-state index in [9.17, 15) is 4.79 Å². The highest BCUT2D eigenvalue weighted by atomic mass is 16.1. The maximum atomic E-state index is 12.6. The number of rotatable bonds is 5. The Hall–Kier alpha value is -2.95. The highest BCUT2D eigenvalue weighted by Gasteiger charge is 2.15. The number of carbonyl (C=O) groups excluding carboxylic acids is 1. The molecule has 5 heteroatoms. The lowest BCUT2D eigenvalue weighted by atomic mass is 10.1. The van der Waals surface area contributed by atoms with Crippen LogP contribution in [-0.2, 0) is 6.54 Å². The molecule has 0 fully saturated rings. The smallest absolute Gasteiger partial charge is 0.252 e. The third-order valence-corrected chi connectivity index (χ3v) is 3.63. The van der Waals surface area contributed by atoms with E-state index < -0.39 is 0 Å². The predicted octanol–water partition coefficient (Wildman–Crippen LogP) is 2.82. The van der Waals surface area contributed by atoms with Crippen LogP contribution in [0, 0.1) is 0 Å². The third kappa shape index (κ3) is 3.63. The van der Waals surface area contributed by atoms with Gasteiger partial charge in [0.25, 0.3) is 5.91 Å². The number of carbonyl (C=O) groups is 1. The van der Waals surface area contributed by atoms with Gasteiger partial charge in [-0.05, 0) is 36.8 Å². The fourth-order valence-electron chi connectivity index (χ4n) is 2.43. The van der Waals surface area contributed by atoms with Gasteiger partial charge in [0, 0.05) is 24.2 Å². The average Bonchev–Trinajstić information content (AvgIpc) is 3.09. The predicted molar refractivity (Wildman–Crippen MR) is 87.9 cm³/mol. The normalized spacial score (nSPS) is 11.9. The largest absolute Gasteiger partial charge is 0.344 e. The second-order valence-corrected chi connectivity index (χ2v) is 5.31. The van der Waals surface area contributed by atoms with Gasteiger partial charge in [-0.25, -0.2) is 0 Å². The summed E-state index contributed by atoms with van der Waals surface area (Å²) in [6.45, 7) is 2.49. The molecule has 1 amide bonds. The first-order valence-corrected chi connectivity index (χ1v) is 7.51. The molecule has 3 rings (SSSR count). The van der Waals surface area contributed by atoms with E-state index in [1.807, 2.05) is 61.7 Å². The average molecular weight is 306 g/mol. The molecular weight excluding hydrogens is 288 g/mol. The number of hydrogen-bond acceptors (Lipinski definition) is 3. The Morgan fingerprint density at radius 1 is 1.13 bits per heavy atom. The van der Waals surface area contributed by atoms with Crippen molar-refractivity contribution < 1.29 is 4.79 Å². The molecule has 0 radical (unpaired) electrons. The van der Waals surface area contributed by atoms with Crippen LogP contribution in [-0.4, -0.2) is 20.7 Å². The van der Waals surface area contributed by atoms with Gasteiger partial charge >= 0.3 is 0 Å². The lowest BCUT2D eigenvalue weighted by Crippen LogP contribution is -2.28. The standard InChI is InChI=1S/C18H18N4O/c1-14(17-9-4-5-10-19-17)21-18(23)16-8-3-2-7-15(16)13-22-12-6-11-20-22/h2-12,14H,13H2,1H3,(H,21,23). The van der Waals surface area contributed by atoms with Gasteiger partial charge in [-0.15, -0.1) is 0 Å². The number of hydrogen-bond donors (Lipinski definition) is 1. The molecule has 0 aliphatic carbocycles. The van der Waals surface area contributed by atoms with E-state index in [0.717, 1.165) is 11.3 Å². The maximum absolute atomic E-state index is 12.6. The highest BCUT2D eigenvalue weighted by molar-refractivity contribution is 5.95. The minimum absolute atomic E-state index is 0.106. The van der Waals surface area contributed by atoms with Crippen molar-refractivity contribution in [3.05, 3.63) is 83.9 Å². The van der Waals surface area contributed by atoms with Crippen molar-refractivity contribution in [3.63, 3.8) is 0 Å². The minimum atomic E-state index is -0.151.